The summed E-state index contributed by atoms with van der Waals surface area (Å²) >= 11 is 0. The minimum atomic E-state index is -4.36. The van der Waals surface area contributed by atoms with E-state index in [0.29, 0.717) is 17.4 Å². The standard InChI is InChI=1S/C74H139N2O6P/c1-6-8-10-12-14-16-18-20-22-24-26-28-30-32-34-36-38-40-42-44-46-48-50-52-54-56-58-60-62-64-66-68-74(78)75-72(71-82-83(79,80)81-70-69-76(3,4)5)73(77)67-65-63-61-59-57-55-53-51-49-47-45-43-41-39-37-35-33-31-29-27-25-23-21-19-17-15-13-11-9-7-2/h8,10,14,16,20,22,26,28,57,59,65,67,72-73,77H,6-7,9,11-13,15,17-19,21,23-25,27,29-56,58,60-64,66,68-71H2,1-5H3,(H-,75,78,79,80)/p+1/b10-8-,16-14-,22-20-,28-26-,59-57+,67-65+. The number of allylic oxidation sites excluding steroid dienone is 11. The van der Waals surface area contributed by atoms with Crippen molar-refractivity contribution in [3.05, 3.63) is 72.9 Å². The number of nitrogens with one attached hydrogen (secondary N) is 1. The minimum absolute atomic E-state index is 0.0556. The second kappa shape index (κ2) is 64.4. The van der Waals surface area contributed by atoms with Crippen LogP contribution in [0.25, 0.3) is 0 Å². The summed E-state index contributed by atoms with van der Waals surface area (Å²) in [5.74, 6) is -0.183. The smallest absolute Gasteiger partial charge is 0.387 e. The SMILES string of the molecule is CC/C=C\C/C=C\C/C=C\C/C=C\CCCCCCCCCCCCCCCCCCCCC(=O)NC(COP(=O)(O)OCC[N+](C)(C)C)C(O)/C=C/CC/C=C/CCCCCCCCCCCCCCCCCCCCCCCCCC. The van der Waals surface area contributed by atoms with Crippen LogP contribution in [0.1, 0.15) is 341 Å². The van der Waals surface area contributed by atoms with Crippen LogP contribution in [0.5, 0.6) is 0 Å². The Morgan fingerprint density at radius 3 is 1.11 bits per heavy atom. The lowest BCUT2D eigenvalue weighted by molar-refractivity contribution is -0.870. The number of hydrogen-bond donors (Lipinski definition) is 3. The van der Waals surface area contributed by atoms with Crippen molar-refractivity contribution >= 4 is 13.7 Å². The minimum Gasteiger partial charge on any atom is -0.387 e. The lowest BCUT2D eigenvalue weighted by Gasteiger charge is -2.25. The van der Waals surface area contributed by atoms with Gasteiger partial charge in [0, 0.05) is 6.42 Å². The molecule has 0 aliphatic heterocycles. The molecule has 0 rings (SSSR count). The first kappa shape index (κ1) is 80.9. The molecule has 0 saturated heterocycles. The van der Waals surface area contributed by atoms with Crippen LogP contribution >= 0.6 is 7.82 Å². The van der Waals surface area contributed by atoms with Crippen molar-refractivity contribution in [2.45, 2.75) is 353 Å². The van der Waals surface area contributed by atoms with Crippen LogP contribution in [0.15, 0.2) is 72.9 Å². The Morgan fingerprint density at radius 2 is 0.735 bits per heavy atom. The second-order valence-corrected chi connectivity index (χ2v) is 27.0. The van der Waals surface area contributed by atoms with Crippen LogP contribution in [0, 0.1) is 0 Å². The third kappa shape index (κ3) is 67.3. The lowest BCUT2D eigenvalue weighted by atomic mass is 10.0. The summed E-state index contributed by atoms with van der Waals surface area (Å²) in [7, 11) is 1.56. The van der Waals surface area contributed by atoms with Gasteiger partial charge in [-0.1, -0.05) is 337 Å². The number of phosphoric acid groups is 1. The van der Waals surface area contributed by atoms with Gasteiger partial charge in [0.15, 0.2) is 0 Å². The molecule has 0 heterocycles. The van der Waals surface area contributed by atoms with Gasteiger partial charge >= 0.3 is 7.82 Å². The van der Waals surface area contributed by atoms with Crippen LogP contribution in [0.3, 0.4) is 0 Å². The molecule has 0 aromatic rings. The number of aliphatic hydroxyl groups excluding tert-OH is 1. The van der Waals surface area contributed by atoms with E-state index in [1.165, 1.54) is 257 Å². The fourth-order valence-corrected chi connectivity index (χ4v) is 11.4. The average Bonchev–Trinajstić information content (AvgIpc) is 3.49. The molecule has 3 unspecified atom stereocenters. The van der Waals surface area contributed by atoms with E-state index < -0.39 is 20.0 Å². The van der Waals surface area contributed by atoms with Gasteiger partial charge in [-0.05, 0) is 70.6 Å². The van der Waals surface area contributed by atoms with Crippen LogP contribution in [0.4, 0.5) is 0 Å². The van der Waals surface area contributed by atoms with Crippen molar-refractivity contribution in [3.8, 4) is 0 Å². The second-order valence-electron chi connectivity index (χ2n) is 25.6. The van der Waals surface area contributed by atoms with Crippen molar-refractivity contribution in [3.63, 3.8) is 0 Å². The summed E-state index contributed by atoms with van der Waals surface area (Å²) in [5.41, 5.74) is 0. The van der Waals surface area contributed by atoms with Crippen LogP contribution in [0.2, 0.25) is 0 Å². The highest BCUT2D eigenvalue weighted by atomic mass is 31.2. The molecule has 0 bridgehead atoms. The summed E-state index contributed by atoms with van der Waals surface area (Å²) in [6, 6.07) is -0.867. The van der Waals surface area contributed by atoms with Crippen molar-refractivity contribution in [1.29, 1.82) is 0 Å². The zero-order valence-electron chi connectivity index (χ0n) is 55.7. The number of nitrogens with zero attached hydrogens (tertiary/aromatic N) is 1. The average molecular weight is 1180 g/mol. The van der Waals surface area contributed by atoms with Crippen LogP contribution < -0.4 is 5.32 Å². The Morgan fingerprint density at radius 1 is 0.422 bits per heavy atom. The molecule has 9 heteroatoms. The molecule has 0 aliphatic carbocycles. The molecule has 0 fully saturated rings. The number of aliphatic hydroxyl groups is 1. The molecular weight excluding hydrogens is 1040 g/mol. The molecule has 486 valence electrons. The third-order valence-electron chi connectivity index (χ3n) is 16.2. The summed E-state index contributed by atoms with van der Waals surface area (Å²) in [4.78, 5) is 23.4. The molecule has 0 spiro atoms. The fraction of sp³-hybridized carbons (Fsp3) is 0.824. The van der Waals surface area contributed by atoms with Crippen LogP contribution in [-0.4, -0.2) is 73.4 Å². The van der Waals surface area contributed by atoms with Crippen molar-refractivity contribution < 1.29 is 32.9 Å². The highest BCUT2D eigenvalue weighted by Crippen LogP contribution is 2.43. The number of unbranched alkanes of at least 4 members (excludes halogenated alkanes) is 43. The number of hydrogen-bond acceptors (Lipinski definition) is 5. The van der Waals surface area contributed by atoms with E-state index in [-0.39, 0.29) is 19.1 Å². The van der Waals surface area contributed by atoms with Crippen molar-refractivity contribution in [2.24, 2.45) is 0 Å². The maximum atomic E-state index is 13.1. The highest BCUT2D eigenvalue weighted by Gasteiger charge is 2.28. The van der Waals surface area contributed by atoms with E-state index in [0.717, 1.165) is 64.2 Å². The molecule has 1 amide bonds. The summed E-state index contributed by atoms with van der Waals surface area (Å²) in [6.07, 6.45) is 90.6. The maximum absolute atomic E-state index is 13.1. The Bertz CT molecular complexity index is 1580. The van der Waals surface area contributed by atoms with E-state index in [1.807, 2.05) is 27.2 Å². The maximum Gasteiger partial charge on any atom is 0.472 e. The molecule has 0 aromatic carbocycles. The molecule has 83 heavy (non-hydrogen) atoms. The zero-order chi connectivity index (χ0) is 60.5. The van der Waals surface area contributed by atoms with Gasteiger partial charge < -0.3 is 19.8 Å². The summed E-state index contributed by atoms with van der Waals surface area (Å²) < 4.78 is 23.8. The van der Waals surface area contributed by atoms with Gasteiger partial charge in [0.05, 0.1) is 39.9 Å². The molecule has 3 N–H and O–H groups in total. The molecule has 0 aromatic heterocycles. The monoisotopic (exact) mass is 1180 g/mol. The van der Waals surface area contributed by atoms with Gasteiger partial charge in [0.1, 0.15) is 13.2 Å². The lowest BCUT2D eigenvalue weighted by Crippen LogP contribution is -2.45. The predicted molar refractivity (Wildman–Crippen MR) is 364 cm³/mol. The molecular formula is C74H140N2O6P+. The number of likely N-dealkylation sites (N-methyl/N-ethyl adjacent to an activating group) is 1. The number of amides is 1. The Kier molecular flexibility index (Phi) is 62.8. The first-order valence-corrected chi connectivity index (χ1v) is 37.3. The van der Waals surface area contributed by atoms with Gasteiger partial charge in [-0.2, -0.15) is 0 Å². The Labute approximate surface area is 516 Å². The van der Waals surface area contributed by atoms with Gasteiger partial charge in [0.2, 0.25) is 5.91 Å². The van der Waals surface area contributed by atoms with E-state index in [4.69, 9.17) is 9.05 Å². The van der Waals surface area contributed by atoms with E-state index in [9.17, 15) is 19.4 Å². The Hall–Kier alpha value is -2.06. The van der Waals surface area contributed by atoms with E-state index in [1.54, 1.807) is 6.08 Å². The highest BCUT2D eigenvalue weighted by molar-refractivity contribution is 7.47. The zero-order valence-corrected chi connectivity index (χ0v) is 56.6. The molecule has 0 radical (unpaired) electrons. The fourth-order valence-electron chi connectivity index (χ4n) is 10.6. The molecule has 8 nitrogen and oxygen atoms in total. The number of rotatable bonds is 66. The summed E-state index contributed by atoms with van der Waals surface area (Å²) in [6.45, 7) is 4.73. The third-order valence-corrected chi connectivity index (χ3v) is 17.1. The molecule has 3 atom stereocenters. The number of carbonyl (C=O) groups is 1. The van der Waals surface area contributed by atoms with Crippen LogP contribution in [-0.2, 0) is 18.4 Å². The van der Waals surface area contributed by atoms with Crippen molar-refractivity contribution in [1.82, 2.24) is 5.32 Å². The quantitative estimate of drug-likeness (QED) is 0.0243. The number of carbonyl (C=O) groups excluding carboxylic acids is 1. The summed E-state index contributed by atoms with van der Waals surface area (Å²) in [5, 5.41) is 14.0. The van der Waals surface area contributed by atoms with Gasteiger partial charge in [-0.25, -0.2) is 4.57 Å². The van der Waals surface area contributed by atoms with Gasteiger partial charge in [-0.15, -0.1) is 0 Å². The first-order valence-electron chi connectivity index (χ1n) is 35.8. The first-order chi connectivity index (χ1) is 40.5. The number of quaternary nitrogens is 1. The largest absolute Gasteiger partial charge is 0.472 e. The topological polar surface area (TPSA) is 105 Å². The predicted octanol–water partition coefficient (Wildman–Crippen LogP) is 22.9. The van der Waals surface area contributed by atoms with E-state index >= 15 is 0 Å². The normalized spacial score (nSPS) is 14.1. The molecule has 0 saturated carbocycles. The Balaban J connectivity index is 4.08. The van der Waals surface area contributed by atoms with Gasteiger partial charge in [0.25, 0.3) is 0 Å². The molecule has 0 aliphatic rings. The van der Waals surface area contributed by atoms with Crippen molar-refractivity contribution in [2.75, 3.05) is 40.9 Å². The van der Waals surface area contributed by atoms with E-state index in [2.05, 4.69) is 79.9 Å². The van der Waals surface area contributed by atoms with Gasteiger partial charge in [-0.3, -0.25) is 13.8 Å². The number of phosphoric ester groups is 1.